The van der Waals surface area contributed by atoms with Crippen molar-refractivity contribution in [1.82, 2.24) is 0 Å². The van der Waals surface area contributed by atoms with E-state index in [1.54, 1.807) is 0 Å². The molecular weight excluding hydrogens is 307 g/mol. The first-order chi connectivity index (χ1) is 8.47. The van der Waals surface area contributed by atoms with E-state index in [9.17, 15) is 13.2 Å². The molecule has 0 heterocycles. The zero-order chi connectivity index (χ0) is 13.3. The molecule has 0 aromatic heterocycles. The summed E-state index contributed by atoms with van der Waals surface area (Å²) >= 11 is 3.23. The summed E-state index contributed by atoms with van der Waals surface area (Å²) in [6.45, 7) is 0. The monoisotopic (exact) mass is 315 g/mol. The van der Waals surface area contributed by atoms with E-state index in [2.05, 4.69) is 15.9 Å². The SMILES string of the molecule is NC(c1cc(F)cc(F)c1)c1cc(F)ccc1Br. The molecule has 1 atom stereocenters. The molecular formula is C13H9BrF3N. The van der Waals surface area contributed by atoms with Gasteiger partial charge in [-0.1, -0.05) is 15.9 Å². The van der Waals surface area contributed by atoms with Gasteiger partial charge in [-0.25, -0.2) is 13.2 Å². The molecule has 2 N–H and O–H groups in total. The lowest BCUT2D eigenvalue weighted by Gasteiger charge is -2.14. The summed E-state index contributed by atoms with van der Waals surface area (Å²) in [5, 5.41) is 0. The Morgan fingerprint density at radius 1 is 0.889 bits per heavy atom. The Balaban J connectivity index is 2.47. The average Bonchev–Trinajstić information content (AvgIpc) is 2.30. The van der Waals surface area contributed by atoms with E-state index in [-0.39, 0.29) is 5.56 Å². The van der Waals surface area contributed by atoms with E-state index in [0.29, 0.717) is 10.0 Å². The van der Waals surface area contributed by atoms with Crippen molar-refractivity contribution < 1.29 is 13.2 Å². The first-order valence-electron chi connectivity index (χ1n) is 5.14. The molecule has 1 nitrogen and oxygen atoms in total. The second kappa shape index (κ2) is 5.12. The van der Waals surface area contributed by atoms with Gasteiger partial charge < -0.3 is 5.73 Å². The summed E-state index contributed by atoms with van der Waals surface area (Å²) in [6.07, 6.45) is 0. The van der Waals surface area contributed by atoms with Crippen molar-refractivity contribution in [3.63, 3.8) is 0 Å². The predicted octanol–water partition coefficient (Wildman–Crippen LogP) is 3.91. The van der Waals surface area contributed by atoms with Crippen molar-refractivity contribution in [2.75, 3.05) is 0 Å². The highest BCUT2D eigenvalue weighted by atomic mass is 79.9. The molecule has 2 aromatic carbocycles. The maximum absolute atomic E-state index is 13.2. The Morgan fingerprint density at radius 2 is 1.50 bits per heavy atom. The molecule has 0 aliphatic carbocycles. The normalized spacial score (nSPS) is 12.5. The van der Waals surface area contributed by atoms with Gasteiger partial charge in [-0.2, -0.15) is 0 Å². The molecule has 0 fully saturated rings. The number of hydrogen-bond donors (Lipinski definition) is 1. The standard InChI is InChI=1S/C13H9BrF3N/c14-12-2-1-8(15)6-11(12)13(18)7-3-9(16)5-10(17)4-7/h1-6,13H,18H2. The fourth-order valence-electron chi connectivity index (χ4n) is 1.69. The van der Waals surface area contributed by atoms with Crippen LogP contribution >= 0.6 is 15.9 Å². The van der Waals surface area contributed by atoms with Gasteiger partial charge in [-0.15, -0.1) is 0 Å². The molecule has 0 amide bonds. The van der Waals surface area contributed by atoms with Crippen LogP contribution in [-0.4, -0.2) is 0 Å². The number of halogens is 4. The summed E-state index contributed by atoms with van der Waals surface area (Å²) in [5.41, 5.74) is 6.57. The Labute approximate surface area is 111 Å². The molecule has 0 aliphatic rings. The van der Waals surface area contributed by atoms with Crippen molar-refractivity contribution in [2.45, 2.75) is 6.04 Å². The molecule has 0 saturated carbocycles. The third-order valence-corrected chi connectivity index (χ3v) is 3.26. The van der Waals surface area contributed by atoms with E-state index in [1.807, 2.05) is 0 Å². The third-order valence-electron chi connectivity index (χ3n) is 2.54. The molecule has 0 saturated heterocycles. The van der Waals surface area contributed by atoms with Crippen LogP contribution in [0.5, 0.6) is 0 Å². The molecule has 0 spiro atoms. The first kappa shape index (κ1) is 13.1. The predicted molar refractivity (Wildman–Crippen MR) is 66.5 cm³/mol. The van der Waals surface area contributed by atoms with Crippen LogP contribution in [-0.2, 0) is 0 Å². The fraction of sp³-hybridized carbons (Fsp3) is 0.0769. The quantitative estimate of drug-likeness (QED) is 0.893. The zero-order valence-corrected chi connectivity index (χ0v) is 10.7. The summed E-state index contributed by atoms with van der Waals surface area (Å²) in [4.78, 5) is 0. The van der Waals surface area contributed by atoms with Crippen LogP contribution in [0.25, 0.3) is 0 Å². The molecule has 94 valence electrons. The minimum atomic E-state index is -0.805. The highest BCUT2D eigenvalue weighted by molar-refractivity contribution is 9.10. The third kappa shape index (κ3) is 2.73. The maximum Gasteiger partial charge on any atom is 0.126 e. The van der Waals surface area contributed by atoms with Gasteiger partial charge in [0.25, 0.3) is 0 Å². The molecule has 0 bridgehead atoms. The van der Waals surface area contributed by atoms with Crippen LogP contribution in [0.1, 0.15) is 17.2 Å². The maximum atomic E-state index is 13.2. The van der Waals surface area contributed by atoms with Gasteiger partial charge in [0, 0.05) is 10.5 Å². The summed E-state index contributed by atoms with van der Waals surface area (Å²) in [5.74, 6) is -1.89. The molecule has 1 unspecified atom stereocenters. The van der Waals surface area contributed by atoms with Crippen molar-refractivity contribution in [3.8, 4) is 0 Å². The van der Waals surface area contributed by atoms with Crippen LogP contribution in [0.15, 0.2) is 40.9 Å². The summed E-state index contributed by atoms with van der Waals surface area (Å²) < 4.78 is 39.9. The Kier molecular flexibility index (Phi) is 3.73. The molecule has 18 heavy (non-hydrogen) atoms. The lowest BCUT2D eigenvalue weighted by molar-refractivity contribution is 0.577. The van der Waals surface area contributed by atoms with Crippen molar-refractivity contribution >= 4 is 15.9 Å². The van der Waals surface area contributed by atoms with Crippen LogP contribution < -0.4 is 5.73 Å². The zero-order valence-electron chi connectivity index (χ0n) is 9.13. The lowest BCUT2D eigenvalue weighted by atomic mass is 9.99. The summed E-state index contributed by atoms with van der Waals surface area (Å²) in [7, 11) is 0. The van der Waals surface area contributed by atoms with E-state index >= 15 is 0 Å². The molecule has 2 rings (SSSR count). The topological polar surface area (TPSA) is 26.0 Å². The highest BCUT2D eigenvalue weighted by Crippen LogP contribution is 2.28. The van der Waals surface area contributed by atoms with Gasteiger partial charge in [0.1, 0.15) is 17.5 Å². The Bertz CT molecular complexity index is 566. The van der Waals surface area contributed by atoms with Crippen LogP contribution in [0.3, 0.4) is 0 Å². The van der Waals surface area contributed by atoms with E-state index in [4.69, 9.17) is 5.73 Å². The van der Waals surface area contributed by atoms with Crippen LogP contribution in [0, 0.1) is 17.5 Å². The van der Waals surface area contributed by atoms with Crippen molar-refractivity contribution in [1.29, 1.82) is 0 Å². The van der Waals surface area contributed by atoms with Gasteiger partial charge in [-0.05, 0) is 41.5 Å². The lowest BCUT2D eigenvalue weighted by Crippen LogP contribution is -2.13. The minimum Gasteiger partial charge on any atom is -0.320 e. The smallest absolute Gasteiger partial charge is 0.126 e. The van der Waals surface area contributed by atoms with Gasteiger partial charge in [0.2, 0.25) is 0 Å². The number of benzene rings is 2. The van der Waals surface area contributed by atoms with E-state index in [0.717, 1.165) is 18.2 Å². The number of nitrogens with two attached hydrogens (primary N) is 1. The number of hydrogen-bond acceptors (Lipinski definition) is 1. The first-order valence-corrected chi connectivity index (χ1v) is 5.93. The minimum absolute atomic E-state index is 0.249. The fourth-order valence-corrected chi connectivity index (χ4v) is 2.18. The molecule has 0 aliphatic heterocycles. The van der Waals surface area contributed by atoms with E-state index < -0.39 is 23.5 Å². The molecule has 5 heteroatoms. The highest BCUT2D eigenvalue weighted by Gasteiger charge is 2.15. The average molecular weight is 316 g/mol. The second-order valence-corrected chi connectivity index (χ2v) is 4.70. The van der Waals surface area contributed by atoms with Gasteiger partial charge in [0.05, 0.1) is 6.04 Å². The molecule has 2 aromatic rings. The Morgan fingerprint density at radius 3 is 2.11 bits per heavy atom. The molecule has 0 radical (unpaired) electrons. The Hall–Kier alpha value is -1.33. The van der Waals surface area contributed by atoms with Gasteiger partial charge in [0.15, 0.2) is 0 Å². The second-order valence-electron chi connectivity index (χ2n) is 3.85. The number of rotatable bonds is 2. The van der Waals surface area contributed by atoms with Crippen molar-refractivity contribution in [3.05, 3.63) is 69.4 Å². The van der Waals surface area contributed by atoms with Crippen LogP contribution in [0.2, 0.25) is 0 Å². The largest absolute Gasteiger partial charge is 0.320 e. The van der Waals surface area contributed by atoms with E-state index in [1.165, 1.54) is 18.2 Å². The van der Waals surface area contributed by atoms with Gasteiger partial charge >= 0.3 is 0 Å². The summed E-state index contributed by atoms with van der Waals surface area (Å²) in [6, 6.07) is 6.22. The van der Waals surface area contributed by atoms with Crippen molar-refractivity contribution in [2.24, 2.45) is 5.73 Å². The van der Waals surface area contributed by atoms with Gasteiger partial charge in [-0.3, -0.25) is 0 Å². The van der Waals surface area contributed by atoms with Crippen LogP contribution in [0.4, 0.5) is 13.2 Å².